The molecule has 2 bridgehead atoms. The van der Waals surface area contributed by atoms with E-state index in [1.54, 1.807) is 0 Å². The van der Waals surface area contributed by atoms with Crippen molar-refractivity contribution >= 4 is 5.91 Å². The number of phenols is 1. The van der Waals surface area contributed by atoms with Gasteiger partial charge in [0, 0.05) is 30.6 Å². The minimum atomic E-state index is -0.157. The van der Waals surface area contributed by atoms with Crippen LogP contribution in [0, 0.1) is 5.92 Å². The van der Waals surface area contributed by atoms with E-state index >= 15 is 0 Å². The first kappa shape index (κ1) is 18.7. The molecule has 2 fully saturated rings. The molecule has 1 amide bonds. The molecule has 4 heteroatoms. The van der Waals surface area contributed by atoms with Crippen LogP contribution in [0.5, 0.6) is 5.75 Å². The highest BCUT2D eigenvalue weighted by Crippen LogP contribution is 2.48. The van der Waals surface area contributed by atoms with Crippen molar-refractivity contribution in [1.82, 2.24) is 9.80 Å². The van der Waals surface area contributed by atoms with Crippen molar-refractivity contribution in [3.8, 4) is 5.75 Å². The normalized spacial score (nSPS) is 28.6. The fourth-order valence-electron chi connectivity index (χ4n) is 5.80. The Morgan fingerprint density at radius 3 is 2.69 bits per heavy atom. The first-order valence-corrected chi connectivity index (χ1v) is 10.9. The molecule has 1 saturated heterocycles. The summed E-state index contributed by atoms with van der Waals surface area (Å²) in [5, 5.41) is 10.2. The third-order valence-electron chi connectivity index (χ3n) is 7.49. The number of hydrogen-bond donors (Lipinski definition) is 1. The molecule has 3 atom stereocenters. The third-order valence-corrected chi connectivity index (χ3v) is 7.49. The van der Waals surface area contributed by atoms with Crippen LogP contribution in [0.25, 0.3) is 0 Å². The van der Waals surface area contributed by atoms with Crippen LogP contribution < -0.4 is 0 Å². The molecule has 1 aliphatic heterocycles. The zero-order valence-electron chi connectivity index (χ0n) is 17.3. The average Bonchev–Trinajstić information content (AvgIpc) is 3.55. The number of aromatic hydroxyl groups is 1. The van der Waals surface area contributed by atoms with Crippen LogP contribution in [0.4, 0.5) is 0 Å². The average molecular weight is 391 g/mol. The van der Waals surface area contributed by atoms with E-state index in [0.29, 0.717) is 11.8 Å². The van der Waals surface area contributed by atoms with E-state index < -0.39 is 0 Å². The van der Waals surface area contributed by atoms with Gasteiger partial charge in [0.25, 0.3) is 5.91 Å². The van der Waals surface area contributed by atoms with Gasteiger partial charge in [0.15, 0.2) is 0 Å². The second-order valence-electron chi connectivity index (χ2n) is 9.45. The van der Waals surface area contributed by atoms with Gasteiger partial charge in [-0.2, -0.15) is 0 Å². The molecule has 4 nitrogen and oxygen atoms in total. The minimum absolute atomic E-state index is 0.0868. The summed E-state index contributed by atoms with van der Waals surface area (Å²) in [6.45, 7) is 4.51. The lowest BCUT2D eigenvalue weighted by molar-refractivity contribution is -0.00728. The van der Waals surface area contributed by atoms with Crippen LogP contribution in [0.15, 0.2) is 48.5 Å². The van der Waals surface area contributed by atoms with E-state index in [-0.39, 0.29) is 17.4 Å². The van der Waals surface area contributed by atoms with Crippen molar-refractivity contribution in [3.63, 3.8) is 0 Å². The Morgan fingerprint density at radius 1 is 1.21 bits per heavy atom. The number of likely N-dealkylation sites (N-methyl/N-ethyl adjacent to an activating group) is 1. The molecule has 3 aliphatic rings. The Hall–Kier alpha value is -2.33. The molecule has 152 valence electrons. The lowest BCUT2D eigenvalue weighted by Crippen LogP contribution is -2.68. The summed E-state index contributed by atoms with van der Waals surface area (Å²) in [5.74, 6) is 1.24. The molecule has 2 aromatic carbocycles. The quantitative estimate of drug-likeness (QED) is 0.863. The second kappa shape index (κ2) is 6.88. The van der Waals surface area contributed by atoms with E-state index in [1.807, 2.05) is 54.4 Å². The van der Waals surface area contributed by atoms with Crippen molar-refractivity contribution in [2.75, 3.05) is 20.1 Å². The van der Waals surface area contributed by atoms with Gasteiger partial charge in [-0.05, 0) is 73.5 Å². The Labute approximate surface area is 173 Å². The molecule has 0 spiro atoms. The Bertz CT molecular complexity index is 924. The van der Waals surface area contributed by atoms with Gasteiger partial charge in [-0.15, -0.1) is 0 Å². The molecule has 2 aromatic rings. The maximum Gasteiger partial charge on any atom is 0.253 e. The van der Waals surface area contributed by atoms with E-state index in [1.165, 1.54) is 24.0 Å². The van der Waals surface area contributed by atoms with Crippen LogP contribution in [-0.4, -0.2) is 53.0 Å². The zero-order chi connectivity index (χ0) is 20.2. The minimum Gasteiger partial charge on any atom is -0.508 e. The van der Waals surface area contributed by atoms with Gasteiger partial charge in [-0.1, -0.05) is 31.2 Å². The van der Waals surface area contributed by atoms with Gasteiger partial charge < -0.3 is 10.0 Å². The van der Waals surface area contributed by atoms with Crippen molar-refractivity contribution in [2.45, 2.75) is 50.1 Å². The van der Waals surface area contributed by atoms with Crippen molar-refractivity contribution in [2.24, 2.45) is 5.92 Å². The summed E-state index contributed by atoms with van der Waals surface area (Å²) in [7, 11) is 1.97. The summed E-state index contributed by atoms with van der Waals surface area (Å²) in [5.41, 5.74) is 3.13. The monoisotopic (exact) mass is 390 g/mol. The van der Waals surface area contributed by atoms with Crippen LogP contribution in [-0.2, 0) is 11.8 Å². The third kappa shape index (κ3) is 3.14. The topological polar surface area (TPSA) is 43.8 Å². The number of carbonyl (C=O) groups is 1. The summed E-state index contributed by atoms with van der Waals surface area (Å²) in [4.78, 5) is 18.0. The first-order chi connectivity index (χ1) is 14.0. The lowest BCUT2D eigenvalue weighted by atomic mass is 9.61. The van der Waals surface area contributed by atoms with E-state index in [9.17, 15) is 9.90 Å². The Kier molecular flexibility index (Phi) is 4.43. The molecule has 5 rings (SSSR count). The predicted octanol–water partition coefficient (Wildman–Crippen LogP) is 3.83. The number of amides is 1. The Morgan fingerprint density at radius 2 is 1.97 bits per heavy atom. The summed E-state index contributed by atoms with van der Waals surface area (Å²) in [6, 6.07) is 15.9. The summed E-state index contributed by atoms with van der Waals surface area (Å²) < 4.78 is 0. The zero-order valence-corrected chi connectivity index (χ0v) is 17.3. The molecule has 0 radical (unpaired) electrons. The standard InChI is InChI=1S/C25H30N2O2/c1-25-12-13-27(16-17-8-9-17)22(14-19-10-11-20(28)15-21(19)25)23(25)26(2)24(29)18-6-4-3-5-7-18/h3-7,10-11,15,17,22-23,28H,8-9,12-14,16H2,1-2H3/t22-,23-,25?/m1/s1. The number of hydrogen-bond acceptors (Lipinski definition) is 3. The predicted molar refractivity (Wildman–Crippen MR) is 114 cm³/mol. The maximum atomic E-state index is 13.4. The van der Waals surface area contributed by atoms with Crippen LogP contribution in [0.1, 0.15) is 47.7 Å². The molecule has 1 unspecified atom stereocenters. The van der Waals surface area contributed by atoms with Crippen LogP contribution in [0.3, 0.4) is 0 Å². The summed E-state index contributed by atoms with van der Waals surface area (Å²) >= 11 is 0. The van der Waals surface area contributed by atoms with Gasteiger partial charge in [0.2, 0.25) is 0 Å². The van der Waals surface area contributed by atoms with Gasteiger partial charge in [0.05, 0.1) is 6.04 Å². The number of benzene rings is 2. The van der Waals surface area contributed by atoms with Gasteiger partial charge in [-0.25, -0.2) is 0 Å². The Balaban J connectivity index is 1.56. The number of fused-ring (bicyclic) bond motifs is 4. The van der Waals surface area contributed by atoms with Crippen molar-refractivity contribution < 1.29 is 9.90 Å². The van der Waals surface area contributed by atoms with Gasteiger partial charge in [-0.3, -0.25) is 9.69 Å². The van der Waals surface area contributed by atoms with Crippen molar-refractivity contribution in [3.05, 3.63) is 65.2 Å². The molecule has 1 N–H and O–H groups in total. The van der Waals surface area contributed by atoms with Crippen LogP contribution >= 0.6 is 0 Å². The number of rotatable bonds is 4. The number of likely N-dealkylation sites (tertiary alicyclic amines) is 1. The second-order valence-corrected chi connectivity index (χ2v) is 9.45. The van der Waals surface area contributed by atoms with E-state index in [0.717, 1.165) is 37.4 Å². The van der Waals surface area contributed by atoms with E-state index in [2.05, 4.69) is 17.9 Å². The molecule has 1 saturated carbocycles. The van der Waals surface area contributed by atoms with Crippen LogP contribution in [0.2, 0.25) is 0 Å². The molecule has 29 heavy (non-hydrogen) atoms. The lowest BCUT2D eigenvalue weighted by Gasteiger charge is -2.58. The van der Waals surface area contributed by atoms with Gasteiger partial charge in [0.1, 0.15) is 5.75 Å². The highest BCUT2D eigenvalue weighted by atomic mass is 16.3. The summed E-state index contributed by atoms with van der Waals surface area (Å²) in [6.07, 6.45) is 4.63. The number of carbonyl (C=O) groups excluding carboxylic acids is 1. The smallest absolute Gasteiger partial charge is 0.253 e. The molecule has 2 aliphatic carbocycles. The molecule has 0 aromatic heterocycles. The van der Waals surface area contributed by atoms with Gasteiger partial charge >= 0.3 is 0 Å². The van der Waals surface area contributed by atoms with Crippen molar-refractivity contribution in [1.29, 1.82) is 0 Å². The largest absolute Gasteiger partial charge is 0.508 e. The molecular formula is C25H30N2O2. The number of nitrogens with zero attached hydrogens (tertiary/aromatic N) is 2. The highest BCUT2D eigenvalue weighted by Gasteiger charge is 2.53. The number of phenolic OH excluding ortho intramolecular Hbond substituents is 1. The number of piperidine rings is 1. The fourth-order valence-corrected chi connectivity index (χ4v) is 5.80. The van der Waals surface area contributed by atoms with E-state index in [4.69, 9.17) is 0 Å². The SMILES string of the molecule is CN(C(=O)c1ccccc1)[C@@H]1[C@H]2Cc3ccc(O)cc3C1(C)CCN2CC1CC1. The molecule has 1 heterocycles. The fraction of sp³-hybridized carbons (Fsp3) is 0.480. The molecular weight excluding hydrogens is 360 g/mol. The first-order valence-electron chi connectivity index (χ1n) is 10.9. The highest BCUT2D eigenvalue weighted by molar-refractivity contribution is 5.94. The maximum absolute atomic E-state index is 13.4.